The number of benzene rings is 1. The summed E-state index contributed by atoms with van der Waals surface area (Å²) in [5, 5.41) is 0.638. The number of carbonyl (C=O) groups is 2. The highest BCUT2D eigenvalue weighted by atomic mass is 35.5. The van der Waals surface area contributed by atoms with Gasteiger partial charge in [-0.1, -0.05) is 30.7 Å². The van der Waals surface area contributed by atoms with Crippen LogP contribution in [0.15, 0.2) is 24.3 Å². The fourth-order valence-electron chi connectivity index (χ4n) is 2.95. The number of halogens is 1. The van der Waals surface area contributed by atoms with Gasteiger partial charge in [-0.05, 0) is 38.0 Å². The van der Waals surface area contributed by atoms with Gasteiger partial charge in [0.2, 0.25) is 0 Å². The fraction of sp³-hybridized carbons (Fsp3) is 0.400. The van der Waals surface area contributed by atoms with E-state index in [0.717, 1.165) is 5.56 Å². The number of esters is 2. The standard InChI is InChI=1S/C20H25ClN2O4/c1-5-15-16(19(24)26-6-2)18(22-17(15)20(25)27-7-3)23(4)12-13-9-8-10-14(21)11-13/h8-11,22H,5-7,12H2,1-4H3. The van der Waals surface area contributed by atoms with Gasteiger partial charge in [0, 0.05) is 24.2 Å². The SMILES string of the molecule is CCOC(=O)c1[nH]c(N(C)Cc2cccc(Cl)c2)c(C(=O)OCC)c1CC. The topological polar surface area (TPSA) is 71.6 Å². The summed E-state index contributed by atoms with van der Waals surface area (Å²) in [4.78, 5) is 29.9. The molecule has 27 heavy (non-hydrogen) atoms. The molecule has 1 N–H and O–H groups in total. The summed E-state index contributed by atoms with van der Waals surface area (Å²) in [5.74, 6) is -0.426. The number of hydrogen-bond acceptors (Lipinski definition) is 5. The van der Waals surface area contributed by atoms with Gasteiger partial charge in [-0.15, -0.1) is 0 Å². The summed E-state index contributed by atoms with van der Waals surface area (Å²) < 4.78 is 10.4. The molecular weight excluding hydrogens is 368 g/mol. The molecule has 6 nitrogen and oxygen atoms in total. The zero-order valence-electron chi connectivity index (χ0n) is 16.1. The van der Waals surface area contributed by atoms with Crippen LogP contribution < -0.4 is 4.90 Å². The zero-order valence-corrected chi connectivity index (χ0v) is 16.9. The molecule has 0 fully saturated rings. The Morgan fingerprint density at radius 2 is 1.78 bits per heavy atom. The van der Waals surface area contributed by atoms with E-state index >= 15 is 0 Å². The third-order valence-electron chi connectivity index (χ3n) is 4.09. The van der Waals surface area contributed by atoms with E-state index in [0.29, 0.717) is 34.9 Å². The molecule has 0 aliphatic heterocycles. The van der Waals surface area contributed by atoms with Crippen molar-refractivity contribution in [3.63, 3.8) is 0 Å². The largest absolute Gasteiger partial charge is 0.462 e. The van der Waals surface area contributed by atoms with Gasteiger partial charge >= 0.3 is 11.9 Å². The smallest absolute Gasteiger partial charge is 0.355 e. The first kappa shape index (κ1) is 20.8. The summed E-state index contributed by atoms with van der Waals surface area (Å²) in [6, 6.07) is 7.48. The minimum atomic E-state index is -0.484. The summed E-state index contributed by atoms with van der Waals surface area (Å²) in [6.07, 6.45) is 0.490. The van der Waals surface area contributed by atoms with Crippen LogP contribution in [0.4, 0.5) is 5.82 Å². The normalized spacial score (nSPS) is 10.6. The maximum absolute atomic E-state index is 12.6. The van der Waals surface area contributed by atoms with E-state index in [4.69, 9.17) is 21.1 Å². The average Bonchev–Trinajstić information content (AvgIpc) is 3.02. The van der Waals surface area contributed by atoms with E-state index in [1.54, 1.807) is 19.9 Å². The van der Waals surface area contributed by atoms with Gasteiger partial charge in [0.05, 0.1) is 13.2 Å². The van der Waals surface area contributed by atoms with Gasteiger partial charge < -0.3 is 19.4 Å². The number of ether oxygens (including phenoxy) is 2. The molecule has 146 valence electrons. The first-order chi connectivity index (χ1) is 12.9. The predicted octanol–water partition coefficient (Wildman–Crippen LogP) is 4.22. The maximum Gasteiger partial charge on any atom is 0.355 e. The molecule has 0 aliphatic rings. The Hall–Kier alpha value is -2.47. The zero-order chi connectivity index (χ0) is 20.0. The summed E-state index contributed by atoms with van der Waals surface area (Å²) in [7, 11) is 1.84. The molecule has 0 bridgehead atoms. The lowest BCUT2D eigenvalue weighted by molar-refractivity contribution is 0.0518. The number of rotatable bonds is 8. The van der Waals surface area contributed by atoms with Gasteiger partial charge in [0.25, 0.3) is 0 Å². The first-order valence-corrected chi connectivity index (χ1v) is 9.35. The van der Waals surface area contributed by atoms with E-state index in [9.17, 15) is 9.59 Å². The number of nitrogens with zero attached hydrogens (tertiary/aromatic N) is 1. The van der Waals surface area contributed by atoms with Crippen LogP contribution in [0.2, 0.25) is 5.02 Å². The molecule has 1 aromatic heterocycles. The highest BCUT2D eigenvalue weighted by Gasteiger charge is 2.28. The third kappa shape index (κ3) is 4.83. The van der Waals surface area contributed by atoms with Crippen LogP contribution in [0.3, 0.4) is 0 Å². The predicted molar refractivity (Wildman–Crippen MR) is 106 cm³/mol. The van der Waals surface area contributed by atoms with Crippen molar-refractivity contribution in [2.45, 2.75) is 33.7 Å². The Morgan fingerprint density at radius 1 is 1.11 bits per heavy atom. The second kappa shape index (κ2) is 9.46. The van der Waals surface area contributed by atoms with E-state index in [-0.39, 0.29) is 18.9 Å². The van der Waals surface area contributed by atoms with Crippen molar-refractivity contribution >= 4 is 29.4 Å². The third-order valence-corrected chi connectivity index (χ3v) is 4.32. The fourth-order valence-corrected chi connectivity index (χ4v) is 3.17. The van der Waals surface area contributed by atoms with Gasteiger partial charge in [-0.2, -0.15) is 0 Å². The van der Waals surface area contributed by atoms with E-state index in [2.05, 4.69) is 4.98 Å². The molecule has 0 amide bonds. The Morgan fingerprint density at radius 3 is 2.37 bits per heavy atom. The van der Waals surface area contributed by atoms with Gasteiger partial charge in [0.1, 0.15) is 17.1 Å². The van der Waals surface area contributed by atoms with Gasteiger partial charge in [-0.25, -0.2) is 9.59 Å². The Balaban J connectivity index is 2.48. The van der Waals surface area contributed by atoms with Crippen molar-refractivity contribution < 1.29 is 19.1 Å². The lowest BCUT2D eigenvalue weighted by Crippen LogP contribution is -2.20. The lowest BCUT2D eigenvalue weighted by Gasteiger charge is -2.19. The number of carbonyl (C=O) groups excluding carboxylic acids is 2. The molecule has 1 aromatic carbocycles. The second-order valence-electron chi connectivity index (χ2n) is 5.98. The number of hydrogen-bond donors (Lipinski definition) is 1. The van der Waals surface area contributed by atoms with Crippen molar-refractivity contribution in [3.8, 4) is 0 Å². The monoisotopic (exact) mass is 392 g/mol. The molecule has 2 aromatic rings. The molecular formula is C20H25ClN2O4. The summed E-state index contributed by atoms with van der Waals surface area (Å²) in [6.45, 7) is 6.37. The highest BCUT2D eigenvalue weighted by molar-refractivity contribution is 6.30. The van der Waals surface area contributed by atoms with Crippen LogP contribution in [0.1, 0.15) is 52.7 Å². The number of aromatic amines is 1. The molecule has 0 aliphatic carbocycles. The van der Waals surface area contributed by atoms with E-state index in [1.807, 2.05) is 37.1 Å². The van der Waals surface area contributed by atoms with Crippen molar-refractivity contribution in [2.24, 2.45) is 0 Å². The van der Waals surface area contributed by atoms with Gasteiger partial charge in [-0.3, -0.25) is 0 Å². The first-order valence-electron chi connectivity index (χ1n) is 8.97. The number of anilines is 1. The maximum atomic E-state index is 12.6. The van der Waals surface area contributed by atoms with Crippen LogP contribution in [0.25, 0.3) is 0 Å². The molecule has 0 saturated heterocycles. The van der Waals surface area contributed by atoms with Crippen LogP contribution in [0, 0.1) is 0 Å². The quantitative estimate of drug-likeness (QED) is 0.681. The highest BCUT2D eigenvalue weighted by Crippen LogP contribution is 2.29. The molecule has 0 saturated carbocycles. The summed E-state index contributed by atoms with van der Waals surface area (Å²) >= 11 is 6.06. The minimum Gasteiger partial charge on any atom is -0.462 e. The summed E-state index contributed by atoms with van der Waals surface area (Å²) in [5.41, 5.74) is 2.23. The molecule has 0 atom stereocenters. The molecule has 0 spiro atoms. The number of aromatic nitrogens is 1. The van der Waals surface area contributed by atoms with Crippen LogP contribution in [0.5, 0.6) is 0 Å². The average molecular weight is 393 g/mol. The Kier molecular flexibility index (Phi) is 7.30. The molecule has 0 unspecified atom stereocenters. The Bertz CT molecular complexity index is 816. The molecule has 0 radical (unpaired) electrons. The van der Waals surface area contributed by atoms with Crippen LogP contribution in [-0.4, -0.2) is 37.2 Å². The lowest BCUT2D eigenvalue weighted by atomic mass is 10.1. The second-order valence-corrected chi connectivity index (χ2v) is 6.42. The van der Waals surface area contributed by atoms with Crippen molar-refractivity contribution in [1.82, 2.24) is 4.98 Å². The van der Waals surface area contributed by atoms with E-state index < -0.39 is 11.9 Å². The Labute approximate surface area is 164 Å². The van der Waals surface area contributed by atoms with E-state index in [1.165, 1.54) is 0 Å². The minimum absolute atomic E-state index is 0.249. The van der Waals surface area contributed by atoms with Gasteiger partial charge in [0.15, 0.2) is 0 Å². The number of nitrogens with one attached hydrogen (secondary N) is 1. The van der Waals surface area contributed by atoms with Crippen LogP contribution >= 0.6 is 11.6 Å². The molecule has 2 rings (SSSR count). The molecule has 7 heteroatoms. The van der Waals surface area contributed by atoms with Crippen LogP contribution in [-0.2, 0) is 22.4 Å². The molecule has 1 heterocycles. The van der Waals surface area contributed by atoms with Crippen molar-refractivity contribution in [3.05, 3.63) is 51.7 Å². The van der Waals surface area contributed by atoms with Crippen molar-refractivity contribution in [2.75, 3.05) is 25.2 Å². The van der Waals surface area contributed by atoms with Crippen molar-refractivity contribution in [1.29, 1.82) is 0 Å². The number of H-pyrrole nitrogens is 1.